The summed E-state index contributed by atoms with van der Waals surface area (Å²) in [6.45, 7) is 4.67. The first kappa shape index (κ1) is 9.48. The molecule has 0 aromatic rings. The van der Waals surface area contributed by atoms with Crippen LogP contribution in [0.25, 0.3) is 0 Å². The number of likely N-dealkylation sites (tertiary alicyclic amines) is 1. The molecular formula is C8H17N3O. The number of primary amides is 1. The maximum Gasteiger partial charge on any atom is 0.234 e. The van der Waals surface area contributed by atoms with Crippen LogP contribution in [0.3, 0.4) is 0 Å². The van der Waals surface area contributed by atoms with Crippen LogP contribution in [0.15, 0.2) is 0 Å². The van der Waals surface area contributed by atoms with E-state index in [-0.39, 0.29) is 11.9 Å². The van der Waals surface area contributed by atoms with Crippen LogP contribution in [0.4, 0.5) is 0 Å². The van der Waals surface area contributed by atoms with Crippen LogP contribution in [-0.2, 0) is 4.79 Å². The molecule has 12 heavy (non-hydrogen) atoms. The lowest BCUT2D eigenvalue weighted by Crippen LogP contribution is -2.56. The van der Waals surface area contributed by atoms with E-state index in [2.05, 4.69) is 0 Å². The fourth-order valence-electron chi connectivity index (χ4n) is 1.75. The van der Waals surface area contributed by atoms with E-state index in [0.717, 1.165) is 19.4 Å². The van der Waals surface area contributed by atoms with Crippen LogP contribution in [-0.4, -0.2) is 29.1 Å². The van der Waals surface area contributed by atoms with E-state index in [9.17, 15) is 4.79 Å². The van der Waals surface area contributed by atoms with Gasteiger partial charge in [-0.05, 0) is 26.7 Å². The molecule has 4 heteroatoms. The first-order chi connectivity index (χ1) is 5.43. The minimum absolute atomic E-state index is 0.162. The standard InChI is InChI=1S/C8H17N3O/c1-8(2,10)11-5-3-4-6(11)7(9)12/h6H,3-5,10H2,1-2H3,(H2,9,12). The van der Waals surface area contributed by atoms with Crippen LogP contribution in [0.2, 0.25) is 0 Å². The van der Waals surface area contributed by atoms with Crippen LogP contribution in [0.5, 0.6) is 0 Å². The van der Waals surface area contributed by atoms with Crippen molar-refractivity contribution in [1.29, 1.82) is 0 Å². The summed E-state index contributed by atoms with van der Waals surface area (Å²) in [4.78, 5) is 13.0. The molecule has 70 valence electrons. The zero-order valence-corrected chi connectivity index (χ0v) is 7.71. The fourth-order valence-corrected chi connectivity index (χ4v) is 1.75. The van der Waals surface area contributed by atoms with Crippen LogP contribution >= 0.6 is 0 Å². The van der Waals surface area contributed by atoms with Gasteiger partial charge in [0.2, 0.25) is 5.91 Å². The van der Waals surface area contributed by atoms with Gasteiger partial charge in [0, 0.05) is 6.54 Å². The topological polar surface area (TPSA) is 72.3 Å². The molecule has 0 spiro atoms. The molecule has 0 bridgehead atoms. The normalized spacial score (nSPS) is 26.1. The summed E-state index contributed by atoms with van der Waals surface area (Å²) in [7, 11) is 0. The van der Waals surface area contributed by atoms with Crippen molar-refractivity contribution < 1.29 is 4.79 Å². The zero-order valence-electron chi connectivity index (χ0n) is 7.71. The summed E-state index contributed by atoms with van der Waals surface area (Å²) in [5.74, 6) is -0.258. The quantitative estimate of drug-likeness (QED) is 0.595. The van der Waals surface area contributed by atoms with Crippen molar-refractivity contribution in [3.05, 3.63) is 0 Å². The number of carbonyl (C=O) groups excluding carboxylic acids is 1. The predicted molar refractivity (Wildman–Crippen MR) is 47.2 cm³/mol. The average Bonchev–Trinajstić information content (AvgIpc) is 2.30. The molecule has 1 fully saturated rings. The molecule has 4 nitrogen and oxygen atoms in total. The minimum atomic E-state index is -0.434. The third-order valence-electron chi connectivity index (χ3n) is 2.32. The van der Waals surface area contributed by atoms with Gasteiger partial charge in [0.15, 0.2) is 0 Å². The number of amides is 1. The summed E-state index contributed by atoms with van der Waals surface area (Å²) in [6.07, 6.45) is 1.85. The van der Waals surface area contributed by atoms with Crippen LogP contribution in [0.1, 0.15) is 26.7 Å². The molecule has 0 saturated carbocycles. The minimum Gasteiger partial charge on any atom is -0.368 e. The summed E-state index contributed by atoms with van der Waals surface area (Å²) in [6, 6.07) is -0.162. The van der Waals surface area contributed by atoms with E-state index in [1.807, 2.05) is 18.7 Å². The highest BCUT2D eigenvalue weighted by Crippen LogP contribution is 2.22. The van der Waals surface area contributed by atoms with E-state index in [4.69, 9.17) is 11.5 Å². The maximum absolute atomic E-state index is 11.0. The second-order valence-corrected chi connectivity index (χ2v) is 3.91. The van der Waals surface area contributed by atoms with Crippen LogP contribution in [0, 0.1) is 0 Å². The van der Waals surface area contributed by atoms with Gasteiger partial charge in [-0.2, -0.15) is 0 Å². The Morgan fingerprint density at radius 2 is 2.17 bits per heavy atom. The molecule has 0 radical (unpaired) electrons. The molecule has 1 saturated heterocycles. The second-order valence-electron chi connectivity index (χ2n) is 3.91. The van der Waals surface area contributed by atoms with Gasteiger partial charge in [-0.3, -0.25) is 9.69 Å². The molecule has 1 aliphatic heterocycles. The van der Waals surface area contributed by atoms with E-state index < -0.39 is 5.66 Å². The SMILES string of the molecule is CC(C)(N)N1CCCC1C(N)=O. The number of rotatable bonds is 2. The predicted octanol–water partition coefficient (Wildman–Crippen LogP) is -0.369. The van der Waals surface area contributed by atoms with Gasteiger partial charge in [-0.1, -0.05) is 0 Å². The van der Waals surface area contributed by atoms with Gasteiger partial charge in [-0.25, -0.2) is 0 Å². The Labute approximate surface area is 72.9 Å². The van der Waals surface area contributed by atoms with Gasteiger partial charge >= 0.3 is 0 Å². The molecule has 0 aliphatic carbocycles. The lowest BCUT2D eigenvalue weighted by molar-refractivity contribution is -0.124. The molecular weight excluding hydrogens is 154 g/mol. The highest BCUT2D eigenvalue weighted by atomic mass is 16.1. The van der Waals surface area contributed by atoms with Crippen molar-refractivity contribution in [2.45, 2.75) is 38.4 Å². The van der Waals surface area contributed by atoms with Crippen LogP contribution < -0.4 is 11.5 Å². The lowest BCUT2D eigenvalue weighted by atomic mass is 10.1. The number of hydrogen-bond acceptors (Lipinski definition) is 3. The van der Waals surface area contributed by atoms with Crippen molar-refractivity contribution in [3.8, 4) is 0 Å². The van der Waals surface area contributed by atoms with Crippen molar-refractivity contribution in [1.82, 2.24) is 4.90 Å². The number of nitrogens with two attached hydrogens (primary N) is 2. The van der Waals surface area contributed by atoms with Gasteiger partial charge in [0.1, 0.15) is 0 Å². The Kier molecular flexibility index (Phi) is 2.39. The van der Waals surface area contributed by atoms with Gasteiger partial charge in [0.25, 0.3) is 0 Å². The first-order valence-corrected chi connectivity index (χ1v) is 4.28. The highest BCUT2D eigenvalue weighted by Gasteiger charge is 2.36. The van der Waals surface area contributed by atoms with E-state index in [1.54, 1.807) is 0 Å². The largest absolute Gasteiger partial charge is 0.368 e. The van der Waals surface area contributed by atoms with Gasteiger partial charge < -0.3 is 11.5 Å². The smallest absolute Gasteiger partial charge is 0.234 e. The Bertz CT molecular complexity index is 185. The molecule has 1 amide bonds. The molecule has 4 N–H and O–H groups in total. The second kappa shape index (κ2) is 3.03. The molecule has 1 unspecified atom stereocenters. The average molecular weight is 171 g/mol. The Morgan fingerprint density at radius 3 is 2.50 bits per heavy atom. The van der Waals surface area contributed by atoms with Crippen molar-refractivity contribution in [2.24, 2.45) is 11.5 Å². The number of carbonyl (C=O) groups is 1. The summed E-state index contributed by atoms with van der Waals surface area (Å²) in [5.41, 5.74) is 10.7. The fraction of sp³-hybridized carbons (Fsp3) is 0.875. The van der Waals surface area contributed by atoms with E-state index in [1.165, 1.54) is 0 Å². The Morgan fingerprint density at radius 1 is 1.58 bits per heavy atom. The molecule has 1 heterocycles. The molecule has 1 rings (SSSR count). The number of nitrogens with zero attached hydrogens (tertiary/aromatic N) is 1. The zero-order chi connectivity index (χ0) is 9.35. The van der Waals surface area contributed by atoms with Gasteiger partial charge in [0.05, 0.1) is 11.7 Å². The summed E-state index contributed by atoms with van der Waals surface area (Å²) < 4.78 is 0. The summed E-state index contributed by atoms with van der Waals surface area (Å²) >= 11 is 0. The molecule has 1 atom stereocenters. The van der Waals surface area contributed by atoms with E-state index in [0.29, 0.717) is 0 Å². The molecule has 0 aromatic heterocycles. The first-order valence-electron chi connectivity index (χ1n) is 4.28. The van der Waals surface area contributed by atoms with E-state index >= 15 is 0 Å². The van der Waals surface area contributed by atoms with Crippen molar-refractivity contribution >= 4 is 5.91 Å². The lowest BCUT2D eigenvalue weighted by Gasteiger charge is -2.35. The van der Waals surface area contributed by atoms with Crippen molar-refractivity contribution in [3.63, 3.8) is 0 Å². The monoisotopic (exact) mass is 171 g/mol. The van der Waals surface area contributed by atoms with Gasteiger partial charge in [-0.15, -0.1) is 0 Å². The summed E-state index contributed by atoms with van der Waals surface area (Å²) in [5, 5.41) is 0. The molecule has 0 aromatic carbocycles. The molecule has 1 aliphatic rings. The highest BCUT2D eigenvalue weighted by molar-refractivity contribution is 5.80. The third-order valence-corrected chi connectivity index (χ3v) is 2.32. The maximum atomic E-state index is 11.0. The Hall–Kier alpha value is -0.610. The van der Waals surface area contributed by atoms with Crippen molar-refractivity contribution in [2.75, 3.05) is 6.54 Å². The number of hydrogen-bond donors (Lipinski definition) is 2. The Balaban J connectivity index is 2.71. The third kappa shape index (κ3) is 1.76.